The van der Waals surface area contributed by atoms with Crippen molar-refractivity contribution < 1.29 is 4.79 Å². The predicted octanol–water partition coefficient (Wildman–Crippen LogP) is 4.32. The lowest BCUT2D eigenvalue weighted by Gasteiger charge is -2.13. The van der Waals surface area contributed by atoms with Crippen molar-refractivity contribution in [2.24, 2.45) is 16.0 Å². The molecule has 1 aromatic carbocycles. The molecule has 0 spiro atoms. The standard InChI is InChI=1S/C17H23N3OS/c1-11(2)9-18-20-16(21)10-22-17(20)19-15-8-13(5)6-7-14(15)12(3)4/h6-9,11-12H,10H2,1-5H3/b18-9+,19-17?. The topological polar surface area (TPSA) is 45.0 Å². The molecular weight excluding hydrogens is 294 g/mol. The number of nitrogens with zero attached hydrogens (tertiary/aromatic N) is 3. The summed E-state index contributed by atoms with van der Waals surface area (Å²) in [6.07, 6.45) is 1.78. The van der Waals surface area contributed by atoms with Crippen LogP contribution in [0.3, 0.4) is 0 Å². The Morgan fingerprint density at radius 3 is 2.64 bits per heavy atom. The van der Waals surface area contributed by atoms with E-state index in [9.17, 15) is 4.79 Å². The van der Waals surface area contributed by atoms with Gasteiger partial charge in [-0.3, -0.25) is 4.79 Å². The third-order valence-electron chi connectivity index (χ3n) is 3.25. The first-order valence-electron chi connectivity index (χ1n) is 7.57. The van der Waals surface area contributed by atoms with Crippen LogP contribution in [0.1, 0.15) is 44.7 Å². The van der Waals surface area contributed by atoms with Crippen molar-refractivity contribution in [1.82, 2.24) is 5.01 Å². The quantitative estimate of drug-likeness (QED) is 0.776. The molecule has 0 saturated carbocycles. The van der Waals surface area contributed by atoms with Gasteiger partial charge >= 0.3 is 0 Å². The summed E-state index contributed by atoms with van der Waals surface area (Å²) in [5.74, 6) is 1.07. The van der Waals surface area contributed by atoms with Crippen molar-refractivity contribution in [2.75, 3.05) is 5.75 Å². The molecule has 0 unspecified atom stereocenters. The molecule has 0 aliphatic carbocycles. The summed E-state index contributed by atoms with van der Waals surface area (Å²) in [5.41, 5.74) is 3.28. The highest BCUT2D eigenvalue weighted by atomic mass is 32.2. The molecule has 0 radical (unpaired) electrons. The van der Waals surface area contributed by atoms with E-state index in [4.69, 9.17) is 4.99 Å². The number of rotatable bonds is 4. The van der Waals surface area contributed by atoms with E-state index in [2.05, 4.69) is 44.1 Å². The van der Waals surface area contributed by atoms with Crippen LogP contribution in [0.25, 0.3) is 0 Å². The second-order valence-corrected chi connectivity index (χ2v) is 7.06. The molecule has 22 heavy (non-hydrogen) atoms. The molecule has 4 nitrogen and oxygen atoms in total. The fraction of sp³-hybridized carbons (Fsp3) is 0.471. The van der Waals surface area contributed by atoms with Gasteiger partial charge in [0.1, 0.15) is 0 Å². The largest absolute Gasteiger partial charge is 0.271 e. The third kappa shape index (κ3) is 3.97. The lowest BCUT2D eigenvalue weighted by molar-refractivity contribution is -0.124. The average molecular weight is 317 g/mol. The Bertz CT molecular complexity index is 620. The van der Waals surface area contributed by atoms with Crippen molar-refractivity contribution >= 4 is 34.7 Å². The van der Waals surface area contributed by atoms with Crippen LogP contribution in [0, 0.1) is 12.8 Å². The number of amides is 1. The minimum atomic E-state index is -0.0144. The molecule has 0 atom stereocenters. The smallest absolute Gasteiger partial charge is 0.259 e. The van der Waals surface area contributed by atoms with Crippen LogP contribution >= 0.6 is 11.8 Å². The lowest BCUT2D eigenvalue weighted by atomic mass is 10.00. The molecule has 1 fully saturated rings. The monoisotopic (exact) mass is 317 g/mol. The van der Waals surface area contributed by atoms with E-state index in [1.807, 2.05) is 13.8 Å². The first-order chi connectivity index (χ1) is 10.4. The Morgan fingerprint density at radius 2 is 2.00 bits per heavy atom. The molecule has 1 amide bonds. The highest BCUT2D eigenvalue weighted by Crippen LogP contribution is 2.31. The number of hydrogen-bond acceptors (Lipinski definition) is 4. The first kappa shape index (κ1) is 16.7. The van der Waals surface area contributed by atoms with E-state index in [1.165, 1.54) is 22.3 Å². The Balaban J connectivity index is 2.39. The van der Waals surface area contributed by atoms with Crippen LogP contribution < -0.4 is 0 Å². The zero-order valence-electron chi connectivity index (χ0n) is 13.8. The fourth-order valence-corrected chi connectivity index (χ4v) is 2.90. The number of carbonyl (C=O) groups is 1. The van der Waals surface area contributed by atoms with Gasteiger partial charge in [-0.2, -0.15) is 10.1 Å². The van der Waals surface area contributed by atoms with Crippen molar-refractivity contribution in [3.05, 3.63) is 29.3 Å². The summed E-state index contributed by atoms with van der Waals surface area (Å²) < 4.78 is 0. The van der Waals surface area contributed by atoms with Crippen molar-refractivity contribution in [2.45, 2.75) is 40.5 Å². The van der Waals surface area contributed by atoms with Gasteiger partial charge in [-0.1, -0.05) is 51.6 Å². The molecule has 0 N–H and O–H groups in total. The molecule has 1 saturated heterocycles. The van der Waals surface area contributed by atoms with Crippen LogP contribution in [0.5, 0.6) is 0 Å². The molecular formula is C17H23N3OS. The molecule has 5 heteroatoms. The molecule has 1 heterocycles. The van der Waals surface area contributed by atoms with Crippen LogP contribution in [-0.4, -0.2) is 28.1 Å². The number of thioether (sulfide) groups is 1. The van der Waals surface area contributed by atoms with Crippen molar-refractivity contribution in [1.29, 1.82) is 0 Å². The second-order valence-electron chi connectivity index (χ2n) is 6.11. The van der Waals surface area contributed by atoms with Gasteiger partial charge < -0.3 is 0 Å². The average Bonchev–Trinajstić information content (AvgIpc) is 2.77. The van der Waals surface area contributed by atoms with Gasteiger partial charge in [0.05, 0.1) is 11.4 Å². The van der Waals surface area contributed by atoms with Crippen molar-refractivity contribution in [3.8, 4) is 0 Å². The Labute approximate surface area is 136 Å². The molecule has 1 aliphatic rings. The molecule has 1 aliphatic heterocycles. The maximum Gasteiger partial charge on any atom is 0.259 e. The molecule has 0 bridgehead atoms. The van der Waals surface area contributed by atoms with Crippen LogP contribution in [0.15, 0.2) is 28.3 Å². The van der Waals surface area contributed by atoms with E-state index < -0.39 is 0 Å². The maximum atomic E-state index is 12.0. The normalized spacial score (nSPS) is 17.7. The molecule has 2 rings (SSSR count). The van der Waals surface area contributed by atoms with Gasteiger partial charge in [0.15, 0.2) is 5.17 Å². The number of hydrazone groups is 1. The fourth-order valence-electron chi connectivity index (χ4n) is 2.09. The van der Waals surface area contributed by atoms with E-state index in [-0.39, 0.29) is 5.91 Å². The Hall–Kier alpha value is -1.62. The second kappa shape index (κ2) is 7.09. The van der Waals surface area contributed by atoms with Crippen LogP contribution in [-0.2, 0) is 4.79 Å². The number of amidine groups is 1. The number of benzene rings is 1. The summed E-state index contributed by atoms with van der Waals surface area (Å²) in [7, 11) is 0. The van der Waals surface area contributed by atoms with Gasteiger partial charge in [0.2, 0.25) is 0 Å². The first-order valence-corrected chi connectivity index (χ1v) is 8.56. The zero-order chi connectivity index (χ0) is 16.3. The van der Waals surface area contributed by atoms with E-state index in [0.29, 0.717) is 22.8 Å². The number of aryl methyl sites for hydroxylation is 1. The summed E-state index contributed by atoms with van der Waals surface area (Å²) in [6.45, 7) is 10.4. The number of carbonyl (C=O) groups excluding carboxylic acids is 1. The number of aliphatic imine (C=N–C) groups is 1. The summed E-state index contributed by atoms with van der Waals surface area (Å²) in [4.78, 5) is 16.7. The maximum absolute atomic E-state index is 12.0. The van der Waals surface area contributed by atoms with E-state index in [1.54, 1.807) is 6.21 Å². The van der Waals surface area contributed by atoms with Gasteiger partial charge in [-0.25, -0.2) is 4.99 Å². The number of hydrogen-bond donors (Lipinski definition) is 0. The van der Waals surface area contributed by atoms with E-state index >= 15 is 0 Å². The summed E-state index contributed by atoms with van der Waals surface area (Å²) >= 11 is 1.44. The van der Waals surface area contributed by atoms with Crippen LogP contribution in [0.2, 0.25) is 0 Å². The van der Waals surface area contributed by atoms with Crippen molar-refractivity contribution in [3.63, 3.8) is 0 Å². The predicted molar refractivity (Wildman–Crippen MR) is 95.0 cm³/mol. The molecule has 0 aromatic heterocycles. The minimum Gasteiger partial charge on any atom is -0.271 e. The zero-order valence-corrected chi connectivity index (χ0v) is 14.6. The van der Waals surface area contributed by atoms with Gasteiger partial charge in [-0.05, 0) is 36.0 Å². The highest BCUT2D eigenvalue weighted by molar-refractivity contribution is 8.15. The summed E-state index contributed by atoms with van der Waals surface area (Å²) in [6, 6.07) is 6.28. The highest BCUT2D eigenvalue weighted by Gasteiger charge is 2.28. The third-order valence-corrected chi connectivity index (χ3v) is 4.16. The Morgan fingerprint density at radius 1 is 1.27 bits per heavy atom. The van der Waals surface area contributed by atoms with Gasteiger partial charge in [0.25, 0.3) is 5.91 Å². The SMILES string of the molecule is Cc1ccc(C(C)C)c(N=C2SCC(=O)N2/N=C/C(C)C)c1. The molecule has 1 aromatic rings. The van der Waals surface area contributed by atoms with E-state index in [0.717, 1.165) is 11.3 Å². The summed E-state index contributed by atoms with van der Waals surface area (Å²) in [5, 5.41) is 6.37. The van der Waals surface area contributed by atoms with Gasteiger partial charge in [-0.15, -0.1) is 0 Å². The van der Waals surface area contributed by atoms with Crippen LogP contribution in [0.4, 0.5) is 5.69 Å². The van der Waals surface area contributed by atoms with Gasteiger partial charge in [0, 0.05) is 6.21 Å². The Kier molecular flexibility index (Phi) is 5.40. The lowest BCUT2D eigenvalue weighted by Crippen LogP contribution is -2.24. The minimum absolute atomic E-state index is 0.0144. The molecule has 118 valence electrons.